The van der Waals surface area contributed by atoms with E-state index in [1.807, 2.05) is 18.2 Å². The summed E-state index contributed by atoms with van der Waals surface area (Å²) in [5.41, 5.74) is 0. The second kappa shape index (κ2) is 52.7. The van der Waals surface area contributed by atoms with Crippen LogP contribution in [0.1, 0.15) is 220 Å². The van der Waals surface area contributed by atoms with Crippen LogP contribution >= 0.6 is 0 Å². The number of aliphatic hydroxyl groups is 5. The zero-order valence-corrected chi connectivity index (χ0v) is 48.3. The van der Waals surface area contributed by atoms with E-state index in [-0.39, 0.29) is 19.4 Å². The summed E-state index contributed by atoms with van der Waals surface area (Å²) in [6, 6.07) is -1.05. The summed E-state index contributed by atoms with van der Waals surface area (Å²) in [6.07, 6.45) is 62.4. The van der Waals surface area contributed by atoms with Gasteiger partial charge in [0.15, 0.2) is 12.4 Å². The van der Waals surface area contributed by atoms with E-state index in [4.69, 9.17) is 14.2 Å². The van der Waals surface area contributed by atoms with E-state index in [1.54, 1.807) is 6.08 Å². The maximum absolute atomic E-state index is 13.4. The lowest BCUT2D eigenvalue weighted by molar-refractivity contribution is -0.305. The smallest absolute Gasteiger partial charge is 0.306 e. The fraction of sp³-hybridized carbons (Fsp3) is 0.667. The molecule has 1 fully saturated rings. The Bertz CT molecular complexity index is 1710. The zero-order chi connectivity index (χ0) is 56.1. The Morgan fingerprint density at radius 2 is 0.935 bits per heavy atom. The number of aliphatic hydroxyl groups excluding tert-OH is 5. The third-order valence-corrected chi connectivity index (χ3v) is 13.4. The topological polar surface area (TPSA) is 175 Å². The molecule has 11 nitrogen and oxygen atoms in total. The summed E-state index contributed by atoms with van der Waals surface area (Å²) in [7, 11) is 0. The van der Waals surface area contributed by atoms with Crippen molar-refractivity contribution in [3.05, 3.63) is 122 Å². The van der Waals surface area contributed by atoms with Crippen LogP contribution in [-0.2, 0) is 23.8 Å². The number of esters is 1. The minimum Gasteiger partial charge on any atom is -0.454 e. The van der Waals surface area contributed by atoms with Gasteiger partial charge in [0, 0.05) is 6.42 Å². The highest BCUT2D eigenvalue weighted by atomic mass is 16.7. The van der Waals surface area contributed by atoms with Gasteiger partial charge in [-0.2, -0.15) is 0 Å². The number of allylic oxidation sites excluding steroid dienone is 19. The van der Waals surface area contributed by atoms with E-state index in [1.165, 1.54) is 64.2 Å². The molecule has 0 saturated carbocycles. The Morgan fingerprint density at radius 1 is 0.519 bits per heavy atom. The number of amides is 1. The molecule has 0 bridgehead atoms. The van der Waals surface area contributed by atoms with Gasteiger partial charge in [-0.15, -0.1) is 0 Å². The van der Waals surface area contributed by atoms with Crippen LogP contribution < -0.4 is 5.32 Å². The molecule has 438 valence electrons. The van der Waals surface area contributed by atoms with Gasteiger partial charge in [0.2, 0.25) is 5.91 Å². The van der Waals surface area contributed by atoms with Gasteiger partial charge >= 0.3 is 5.97 Å². The van der Waals surface area contributed by atoms with Crippen LogP contribution in [0.15, 0.2) is 122 Å². The summed E-state index contributed by atoms with van der Waals surface area (Å²) in [6.45, 7) is 5.57. The van der Waals surface area contributed by atoms with Crippen molar-refractivity contribution < 1.29 is 49.3 Å². The molecular formula is C66H109NO10. The first-order chi connectivity index (χ1) is 37.7. The number of rotatable bonds is 49. The molecular weight excluding hydrogens is 967 g/mol. The largest absolute Gasteiger partial charge is 0.454 e. The monoisotopic (exact) mass is 1080 g/mol. The number of hydrogen-bond acceptors (Lipinski definition) is 10. The molecule has 1 rings (SSSR count). The predicted molar refractivity (Wildman–Crippen MR) is 319 cm³/mol. The van der Waals surface area contributed by atoms with Gasteiger partial charge in [0.05, 0.1) is 25.4 Å². The van der Waals surface area contributed by atoms with E-state index < -0.39 is 67.4 Å². The fourth-order valence-electron chi connectivity index (χ4n) is 8.56. The summed E-state index contributed by atoms with van der Waals surface area (Å²) in [5.74, 6) is -1.31. The average molecular weight is 1080 g/mol. The fourth-order valence-corrected chi connectivity index (χ4v) is 8.56. The highest BCUT2D eigenvalue weighted by Crippen LogP contribution is 2.26. The molecule has 11 heteroatoms. The second-order valence-corrected chi connectivity index (χ2v) is 20.3. The first-order valence-corrected chi connectivity index (χ1v) is 30.3. The van der Waals surface area contributed by atoms with Crippen molar-refractivity contribution in [2.24, 2.45) is 0 Å². The van der Waals surface area contributed by atoms with Gasteiger partial charge in [-0.3, -0.25) is 9.59 Å². The molecule has 1 amide bonds. The third-order valence-electron chi connectivity index (χ3n) is 13.4. The van der Waals surface area contributed by atoms with Crippen LogP contribution in [0.3, 0.4) is 0 Å². The van der Waals surface area contributed by atoms with Gasteiger partial charge in [-0.05, 0) is 103 Å². The number of carbonyl (C=O) groups is 2. The van der Waals surface area contributed by atoms with E-state index in [0.29, 0.717) is 19.3 Å². The van der Waals surface area contributed by atoms with Crippen molar-refractivity contribution in [3.63, 3.8) is 0 Å². The molecule has 0 aromatic rings. The Morgan fingerprint density at radius 3 is 1.43 bits per heavy atom. The predicted octanol–water partition coefficient (Wildman–Crippen LogP) is 14.3. The third kappa shape index (κ3) is 40.8. The number of nitrogens with one attached hydrogen (secondary N) is 1. The molecule has 77 heavy (non-hydrogen) atoms. The second-order valence-electron chi connectivity index (χ2n) is 20.3. The van der Waals surface area contributed by atoms with Gasteiger partial charge in [-0.25, -0.2) is 0 Å². The molecule has 1 heterocycles. The van der Waals surface area contributed by atoms with Crippen molar-refractivity contribution in [1.82, 2.24) is 5.32 Å². The maximum atomic E-state index is 13.4. The SMILES string of the molecule is CC/C=C\C/C=C\C/C=C\C/C=C\C/C=C\C/C=C\CCC(=O)OC1C(OCC(NC(=O)C(O)CCCCCCC/C=C\C/C=C\C/C=C\CCCCC)C(O)/C=C/CCCCCCCCCCC)OC(CO)C(O)C1O. The number of hydrogen-bond donors (Lipinski definition) is 6. The molecule has 0 aliphatic carbocycles. The molecule has 8 atom stereocenters. The summed E-state index contributed by atoms with van der Waals surface area (Å²) >= 11 is 0. The first-order valence-electron chi connectivity index (χ1n) is 30.3. The normalized spacial score (nSPS) is 19.9. The quantitative estimate of drug-likeness (QED) is 0.0195. The summed E-state index contributed by atoms with van der Waals surface area (Å²) < 4.78 is 17.5. The average Bonchev–Trinajstić information content (AvgIpc) is 3.43. The minimum atomic E-state index is -1.65. The lowest BCUT2D eigenvalue weighted by atomic mass is 9.99. The molecule has 0 aromatic carbocycles. The number of unbranched alkanes of at least 4 members (excludes halogenated alkanes) is 17. The summed E-state index contributed by atoms with van der Waals surface area (Å²) in [5, 5.41) is 56.9. The van der Waals surface area contributed by atoms with Crippen molar-refractivity contribution in [1.29, 1.82) is 0 Å². The van der Waals surface area contributed by atoms with E-state index in [2.05, 4.69) is 123 Å². The number of carbonyl (C=O) groups excluding carboxylic acids is 2. The standard InChI is InChI=1S/C66H109NO10/c1-4-7-10-13-16-19-22-24-26-28-30-32-34-36-39-42-45-48-51-54-61(71)77-64-63(73)62(72)60(55-68)76-66(64)75-56-57(58(69)52-49-46-43-40-37-21-18-15-12-9-6-3)67-65(74)59(70)53-50-47-44-41-38-35-33-31-29-27-25-23-20-17-14-11-8-5-2/h7,10,16-17,19-20,24-27,30-33,36,39,45,48-49,52,57-60,62-64,66,68-70,72-73H,4-6,8-9,11-15,18,21-23,28-29,34-35,37-38,40-44,46-47,50-51,53-56H2,1-3H3,(H,67,74)/b10-7-,19-16-,20-17-,26-24-,27-25-,32-30-,33-31-,39-36-,48-45-,52-49+. The lowest BCUT2D eigenvalue weighted by Gasteiger charge is -2.41. The Labute approximate surface area is 468 Å². The summed E-state index contributed by atoms with van der Waals surface area (Å²) in [4.78, 5) is 26.5. The van der Waals surface area contributed by atoms with E-state index >= 15 is 0 Å². The molecule has 0 radical (unpaired) electrons. The molecule has 0 spiro atoms. The highest BCUT2D eigenvalue weighted by molar-refractivity contribution is 5.80. The molecule has 1 aliphatic rings. The lowest BCUT2D eigenvalue weighted by Crippen LogP contribution is -2.61. The van der Waals surface area contributed by atoms with Crippen molar-refractivity contribution in [2.75, 3.05) is 13.2 Å². The number of ether oxygens (including phenoxy) is 3. The van der Waals surface area contributed by atoms with Gasteiger partial charge in [0.25, 0.3) is 0 Å². The Hall–Kier alpha value is -3.94. The van der Waals surface area contributed by atoms with Crippen molar-refractivity contribution in [3.8, 4) is 0 Å². The molecule has 8 unspecified atom stereocenters. The van der Waals surface area contributed by atoms with Crippen LogP contribution in [0.4, 0.5) is 0 Å². The Kier molecular flexibility index (Phi) is 48.7. The van der Waals surface area contributed by atoms with E-state index in [9.17, 15) is 35.1 Å². The van der Waals surface area contributed by atoms with Crippen LogP contribution in [-0.4, -0.2) is 99.6 Å². The van der Waals surface area contributed by atoms with Crippen LogP contribution in [0, 0.1) is 0 Å². The van der Waals surface area contributed by atoms with Crippen LogP contribution in [0.25, 0.3) is 0 Å². The highest BCUT2D eigenvalue weighted by Gasteiger charge is 2.47. The van der Waals surface area contributed by atoms with Crippen LogP contribution in [0.2, 0.25) is 0 Å². The zero-order valence-electron chi connectivity index (χ0n) is 48.3. The van der Waals surface area contributed by atoms with Crippen LogP contribution in [0.5, 0.6) is 0 Å². The van der Waals surface area contributed by atoms with Crippen molar-refractivity contribution in [2.45, 2.75) is 269 Å². The molecule has 1 aliphatic heterocycles. The molecule has 6 N–H and O–H groups in total. The maximum Gasteiger partial charge on any atom is 0.306 e. The Balaban J connectivity index is 2.75. The molecule has 0 aromatic heterocycles. The van der Waals surface area contributed by atoms with Crippen molar-refractivity contribution >= 4 is 11.9 Å². The minimum absolute atomic E-state index is 0.00998. The molecule has 1 saturated heterocycles. The van der Waals surface area contributed by atoms with Gasteiger partial charge < -0.3 is 45.1 Å². The van der Waals surface area contributed by atoms with E-state index in [0.717, 1.165) is 103 Å². The van der Waals surface area contributed by atoms with Gasteiger partial charge in [0.1, 0.15) is 24.4 Å². The van der Waals surface area contributed by atoms with Gasteiger partial charge in [-0.1, -0.05) is 232 Å². The first kappa shape index (κ1) is 71.1.